The number of benzene rings is 1. The summed E-state index contributed by atoms with van der Waals surface area (Å²) in [5, 5.41) is 18.8. The summed E-state index contributed by atoms with van der Waals surface area (Å²) in [6.45, 7) is 10.5. The molecule has 0 radical (unpaired) electrons. The maximum absolute atomic E-state index is 12.1. The van der Waals surface area contributed by atoms with Crippen LogP contribution in [0.15, 0.2) is 24.4 Å². The maximum Gasteiger partial charge on any atom is 1.00 e. The second-order valence-corrected chi connectivity index (χ2v) is 9.91. The van der Waals surface area contributed by atoms with E-state index in [-0.39, 0.29) is 41.0 Å². The Labute approximate surface area is 255 Å². The van der Waals surface area contributed by atoms with E-state index in [1.165, 1.54) is 16.8 Å². The number of anilines is 1. The van der Waals surface area contributed by atoms with E-state index < -0.39 is 5.91 Å². The van der Waals surface area contributed by atoms with Crippen LogP contribution in [0, 0.1) is 19.3 Å². The Balaban J connectivity index is 0. The van der Waals surface area contributed by atoms with Crippen molar-refractivity contribution in [1.29, 1.82) is 0 Å². The summed E-state index contributed by atoms with van der Waals surface area (Å²) in [7, 11) is 3.52. The summed E-state index contributed by atoms with van der Waals surface area (Å²) >= 11 is 0. The van der Waals surface area contributed by atoms with Gasteiger partial charge in [-0.05, 0) is 80.7 Å². The molecule has 0 spiro atoms. The first-order chi connectivity index (χ1) is 18.1. The van der Waals surface area contributed by atoms with Crippen molar-refractivity contribution in [2.45, 2.75) is 78.4 Å². The number of aliphatic hydroxyl groups is 1. The number of nitrogens with two attached hydrogens (primary N) is 1. The minimum atomic E-state index is -0.433. The fourth-order valence-electron chi connectivity index (χ4n) is 4.65. The van der Waals surface area contributed by atoms with E-state index >= 15 is 0 Å². The summed E-state index contributed by atoms with van der Waals surface area (Å²) in [6.07, 6.45) is 8.74. The molecule has 0 atom stereocenters. The number of hydrogen-bond acceptors (Lipinski definition) is 7. The van der Waals surface area contributed by atoms with Gasteiger partial charge >= 0.3 is 29.6 Å². The third kappa shape index (κ3) is 11.6. The molecule has 1 heterocycles. The largest absolute Gasteiger partial charge is 1.00 e. The van der Waals surface area contributed by atoms with Crippen molar-refractivity contribution in [1.82, 2.24) is 4.57 Å². The van der Waals surface area contributed by atoms with Crippen LogP contribution in [-0.4, -0.2) is 62.1 Å². The fraction of sp³-hybridized carbons (Fsp3) is 0.552. The Morgan fingerprint density at radius 2 is 1.77 bits per heavy atom. The third-order valence-corrected chi connectivity index (χ3v) is 6.83. The van der Waals surface area contributed by atoms with Gasteiger partial charge in [0.2, 0.25) is 0 Å². The number of amides is 1. The Morgan fingerprint density at radius 3 is 2.26 bits per heavy atom. The van der Waals surface area contributed by atoms with Crippen LogP contribution < -0.4 is 45.7 Å². The topological polar surface area (TPSA) is 147 Å². The van der Waals surface area contributed by atoms with Crippen LogP contribution in [0.2, 0.25) is 0 Å². The molecule has 10 heteroatoms. The van der Waals surface area contributed by atoms with E-state index in [1.54, 1.807) is 7.11 Å². The molecule has 1 fully saturated rings. The molecule has 1 amide bonds. The van der Waals surface area contributed by atoms with Crippen molar-refractivity contribution in [3.8, 4) is 5.69 Å². The molecule has 1 saturated carbocycles. The number of nitrogens with one attached hydrogen (secondary N) is 1. The number of primary amides is 1. The van der Waals surface area contributed by atoms with Crippen LogP contribution in [0.3, 0.4) is 0 Å². The second-order valence-electron chi connectivity index (χ2n) is 9.91. The number of nitrogens with zero attached hydrogens (tertiary/aromatic N) is 1. The number of aromatic nitrogens is 1. The zero-order valence-corrected chi connectivity index (χ0v) is 27.0. The molecule has 1 aromatic heterocycles. The number of rotatable bonds is 9. The van der Waals surface area contributed by atoms with Crippen LogP contribution in [0.4, 0.5) is 5.69 Å². The van der Waals surface area contributed by atoms with Gasteiger partial charge in [0.15, 0.2) is 0 Å². The number of methoxy groups -OCH3 is 1. The Bertz CT molecular complexity index is 1000. The molecule has 1 aromatic carbocycles. The van der Waals surface area contributed by atoms with Crippen molar-refractivity contribution in [2.75, 3.05) is 26.6 Å². The van der Waals surface area contributed by atoms with Gasteiger partial charge in [-0.3, -0.25) is 4.79 Å². The molecular formula is C29H46N3NaO6. The van der Waals surface area contributed by atoms with E-state index in [0.29, 0.717) is 18.1 Å². The summed E-state index contributed by atoms with van der Waals surface area (Å²) in [5.74, 6) is -0.433. The van der Waals surface area contributed by atoms with Crippen LogP contribution in [0.1, 0.15) is 73.1 Å². The van der Waals surface area contributed by atoms with Gasteiger partial charge in [0.25, 0.3) is 5.91 Å². The molecule has 2 aromatic rings. The zero-order valence-electron chi connectivity index (χ0n) is 25.0. The molecule has 9 nitrogen and oxygen atoms in total. The molecule has 0 bridgehead atoms. The molecule has 1 aliphatic carbocycles. The number of carbonyl (C=O) groups is 3. The predicted molar refractivity (Wildman–Crippen MR) is 150 cm³/mol. The molecule has 0 saturated heterocycles. The monoisotopic (exact) mass is 555 g/mol. The average Bonchev–Trinajstić information content (AvgIpc) is 3.20. The normalized spacial score (nSPS) is 16.0. The van der Waals surface area contributed by atoms with Crippen LogP contribution in [-0.2, 0) is 20.7 Å². The van der Waals surface area contributed by atoms with Crippen molar-refractivity contribution in [3.05, 3.63) is 46.8 Å². The van der Waals surface area contributed by atoms with Gasteiger partial charge in [-0.25, -0.2) is 0 Å². The van der Waals surface area contributed by atoms with Gasteiger partial charge in [0.1, 0.15) is 13.1 Å². The first-order valence-electron chi connectivity index (χ1n) is 12.6. The quantitative estimate of drug-likeness (QED) is 0.294. The third-order valence-electron chi connectivity index (χ3n) is 6.83. The van der Waals surface area contributed by atoms with E-state index in [1.807, 2.05) is 25.0 Å². The SMILES string of the molecule is C=O.CO.COC1CCC(Nc2cc(-n3cc(C)c(C)c3CC(C)(C)CC=O)ccc2C(N)=O)CC1.C[O-].[Na+]. The number of carbonyl (C=O) groups excluding carboxylic acids is 3. The van der Waals surface area contributed by atoms with E-state index in [9.17, 15) is 9.59 Å². The van der Waals surface area contributed by atoms with Crippen LogP contribution in [0.5, 0.6) is 0 Å². The van der Waals surface area contributed by atoms with Crippen LogP contribution in [0.25, 0.3) is 5.69 Å². The second kappa shape index (κ2) is 20.0. The number of aryl methyl sites for hydroxylation is 1. The van der Waals surface area contributed by atoms with E-state index in [0.717, 1.165) is 64.0 Å². The minimum absolute atomic E-state index is 0. The molecule has 214 valence electrons. The first-order valence-corrected chi connectivity index (χ1v) is 12.6. The Kier molecular flexibility index (Phi) is 20.0. The van der Waals surface area contributed by atoms with E-state index in [2.05, 4.69) is 43.8 Å². The Morgan fingerprint density at radius 1 is 1.21 bits per heavy atom. The summed E-state index contributed by atoms with van der Waals surface area (Å²) in [4.78, 5) is 31.3. The maximum atomic E-state index is 12.1. The average molecular weight is 556 g/mol. The van der Waals surface area contributed by atoms with Crippen molar-refractivity contribution in [3.63, 3.8) is 0 Å². The Hall–Kier alpha value is -2.01. The van der Waals surface area contributed by atoms with Crippen molar-refractivity contribution in [2.24, 2.45) is 11.1 Å². The molecule has 39 heavy (non-hydrogen) atoms. The minimum Gasteiger partial charge on any atom is -0.857 e. The number of aliphatic hydroxyl groups excluding tert-OH is 1. The number of aldehydes is 1. The standard InChI is InChI=1S/C26H37N3O3.CH4O.CH3O.CH2O.Na/c1-17-16-29(24(18(17)2)15-26(3,4)12-13-30)20-8-11-22(25(27)31)23(14-20)28-19-6-9-21(32-5)10-7-19;3*1-2;/h8,11,13-14,16,19,21,28H,6-7,9-10,12,15H2,1-5H3,(H2,27,31);2H,1H3;1H3;1H2;/q;;-1;;+1. The predicted octanol–water partition coefficient (Wildman–Crippen LogP) is 0.124. The van der Waals surface area contributed by atoms with Gasteiger partial charge in [-0.15, -0.1) is 0 Å². The molecular weight excluding hydrogens is 509 g/mol. The van der Waals surface area contributed by atoms with Gasteiger partial charge in [0, 0.05) is 49.9 Å². The van der Waals surface area contributed by atoms with Crippen molar-refractivity contribution < 1.29 is 58.9 Å². The number of hydrogen-bond donors (Lipinski definition) is 3. The molecule has 1 aliphatic rings. The van der Waals surface area contributed by atoms with Gasteiger partial charge in [-0.2, -0.15) is 7.11 Å². The molecule has 3 rings (SSSR count). The number of ether oxygens (including phenoxy) is 1. The smallest absolute Gasteiger partial charge is 0.857 e. The molecule has 0 unspecified atom stereocenters. The summed E-state index contributed by atoms with van der Waals surface area (Å²) in [6, 6.07) is 6.07. The first kappa shape index (κ1) is 39.1. The molecule has 4 N–H and O–H groups in total. The fourth-order valence-corrected chi connectivity index (χ4v) is 4.65. The summed E-state index contributed by atoms with van der Waals surface area (Å²) < 4.78 is 7.67. The molecule has 0 aliphatic heterocycles. The van der Waals surface area contributed by atoms with Gasteiger partial charge in [0.05, 0.1) is 11.7 Å². The van der Waals surface area contributed by atoms with Crippen LogP contribution >= 0.6 is 0 Å². The summed E-state index contributed by atoms with van der Waals surface area (Å²) in [5.41, 5.74) is 11.4. The van der Waals surface area contributed by atoms with Gasteiger partial charge in [-0.1, -0.05) is 13.8 Å². The van der Waals surface area contributed by atoms with E-state index in [4.69, 9.17) is 25.5 Å². The van der Waals surface area contributed by atoms with Gasteiger partial charge < -0.3 is 40.2 Å². The zero-order chi connectivity index (χ0) is 29.5. The van der Waals surface area contributed by atoms with Crippen molar-refractivity contribution >= 4 is 24.7 Å².